The van der Waals surface area contributed by atoms with Crippen molar-refractivity contribution in [3.05, 3.63) is 0 Å². The van der Waals surface area contributed by atoms with Crippen LogP contribution in [0.3, 0.4) is 0 Å². The van der Waals surface area contributed by atoms with E-state index >= 15 is 0 Å². The third-order valence-corrected chi connectivity index (χ3v) is 4.00. The predicted molar refractivity (Wildman–Crippen MR) is 62.8 cm³/mol. The highest BCUT2D eigenvalue weighted by molar-refractivity contribution is 5.76. The van der Waals surface area contributed by atoms with Crippen LogP contribution in [0.4, 0.5) is 0 Å². The van der Waals surface area contributed by atoms with Gasteiger partial charge in [0.2, 0.25) is 5.91 Å². The third kappa shape index (κ3) is 2.76. The lowest BCUT2D eigenvalue weighted by Crippen LogP contribution is -2.44. The average Bonchev–Trinajstić information content (AvgIpc) is 2.54. The minimum absolute atomic E-state index is 0.163. The Morgan fingerprint density at radius 2 is 1.75 bits per heavy atom. The number of aliphatic hydroxyl groups is 1. The Kier molecular flexibility index (Phi) is 4.22. The van der Waals surface area contributed by atoms with Crippen LogP contribution in [0.15, 0.2) is 0 Å². The van der Waals surface area contributed by atoms with Crippen LogP contribution in [0, 0.1) is 5.92 Å². The Labute approximate surface area is 97.8 Å². The molecule has 0 bridgehead atoms. The van der Waals surface area contributed by atoms with E-state index < -0.39 is 6.23 Å². The summed E-state index contributed by atoms with van der Waals surface area (Å²) in [5.41, 5.74) is 0. The fourth-order valence-corrected chi connectivity index (χ4v) is 2.97. The normalized spacial score (nSPS) is 26.6. The lowest BCUT2D eigenvalue weighted by molar-refractivity contribution is -0.145. The molecule has 1 atom stereocenters. The molecule has 2 aliphatic rings. The number of nitrogens with zero attached hydrogens (tertiary/aromatic N) is 1. The Hall–Kier alpha value is -0.570. The molecule has 3 nitrogen and oxygen atoms in total. The zero-order valence-corrected chi connectivity index (χ0v) is 10.0. The molecule has 1 saturated heterocycles. The summed E-state index contributed by atoms with van der Waals surface area (Å²) in [6, 6.07) is 0. The second-order valence-electron chi connectivity index (χ2n) is 5.21. The highest BCUT2D eigenvalue weighted by atomic mass is 16.3. The van der Waals surface area contributed by atoms with E-state index in [4.69, 9.17) is 0 Å². The first kappa shape index (κ1) is 11.9. The quantitative estimate of drug-likeness (QED) is 0.783. The number of carbonyl (C=O) groups is 1. The summed E-state index contributed by atoms with van der Waals surface area (Å²) in [4.78, 5) is 13.6. The number of hydrogen-bond acceptors (Lipinski definition) is 2. The second-order valence-corrected chi connectivity index (χ2v) is 5.21. The summed E-state index contributed by atoms with van der Waals surface area (Å²) < 4.78 is 0. The first-order valence-electron chi connectivity index (χ1n) is 6.76. The Morgan fingerprint density at radius 3 is 2.50 bits per heavy atom. The zero-order valence-electron chi connectivity index (χ0n) is 10.0. The molecule has 2 rings (SSSR count). The van der Waals surface area contributed by atoms with E-state index in [0.29, 0.717) is 12.3 Å². The van der Waals surface area contributed by atoms with Gasteiger partial charge in [-0.3, -0.25) is 4.79 Å². The summed E-state index contributed by atoms with van der Waals surface area (Å²) in [5.74, 6) is 0.492. The van der Waals surface area contributed by atoms with E-state index in [0.717, 1.165) is 38.6 Å². The summed E-state index contributed by atoms with van der Waals surface area (Å²) in [5, 5.41) is 10.3. The van der Waals surface area contributed by atoms with Gasteiger partial charge in [-0.1, -0.05) is 25.7 Å². The van der Waals surface area contributed by atoms with E-state index in [2.05, 4.69) is 0 Å². The first-order chi connectivity index (χ1) is 7.79. The van der Waals surface area contributed by atoms with Gasteiger partial charge in [-0.25, -0.2) is 0 Å². The largest absolute Gasteiger partial charge is 0.373 e. The van der Waals surface area contributed by atoms with Crippen molar-refractivity contribution in [3.8, 4) is 0 Å². The van der Waals surface area contributed by atoms with Gasteiger partial charge < -0.3 is 10.0 Å². The molecule has 0 aromatic rings. The molecule has 0 radical (unpaired) electrons. The van der Waals surface area contributed by atoms with Gasteiger partial charge in [-0.05, 0) is 25.7 Å². The van der Waals surface area contributed by atoms with Crippen molar-refractivity contribution in [3.63, 3.8) is 0 Å². The molecule has 1 aliphatic heterocycles. The molecule has 1 N–H and O–H groups in total. The fourth-order valence-electron chi connectivity index (χ4n) is 2.97. The van der Waals surface area contributed by atoms with E-state index in [1.807, 2.05) is 0 Å². The van der Waals surface area contributed by atoms with Crippen molar-refractivity contribution in [1.82, 2.24) is 4.90 Å². The molecule has 2 fully saturated rings. The van der Waals surface area contributed by atoms with Gasteiger partial charge in [-0.2, -0.15) is 0 Å². The topological polar surface area (TPSA) is 40.5 Å². The van der Waals surface area contributed by atoms with Crippen LogP contribution in [0.25, 0.3) is 0 Å². The highest BCUT2D eigenvalue weighted by Gasteiger charge is 2.30. The summed E-state index contributed by atoms with van der Waals surface area (Å²) in [6.45, 7) is 0.760. The van der Waals surface area contributed by atoms with Crippen molar-refractivity contribution >= 4 is 5.91 Å². The van der Waals surface area contributed by atoms with Crippen LogP contribution in [-0.2, 0) is 4.79 Å². The molecule has 1 heterocycles. The van der Waals surface area contributed by atoms with Crippen LogP contribution in [0.5, 0.6) is 0 Å². The molecular formula is C13H23NO2. The second kappa shape index (κ2) is 5.67. The number of rotatable bonds is 2. The third-order valence-electron chi connectivity index (χ3n) is 4.00. The predicted octanol–water partition coefficient (Wildman–Crippen LogP) is 2.29. The number of likely N-dealkylation sites (tertiary alicyclic amines) is 1. The van der Waals surface area contributed by atoms with Crippen molar-refractivity contribution < 1.29 is 9.90 Å². The van der Waals surface area contributed by atoms with Gasteiger partial charge in [0.15, 0.2) is 0 Å². The van der Waals surface area contributed by atoms with Crippen LogP contribution in [-0.4, -0.2) is 28.7 Å². The van der Waals surface area contributed by atoms with Crippen LogP contribution in [0.1, 0.15) is 57.8 Å². The Balaban J connectivity index is 1.95. The van der Waals surface area contributed by atoms with Crippen LogP contribution >= 0.6 is 0 Å². The standard InChI is InChI=1S/C13H23NO2/c15-12-9-5-2-6-10-14(12)13(16)11-7-3-1-4-8-11/h11,13,16H,1-10H2. The van der Waals surface area contributed by atoms with Gasteiger partial charge in [-0.15, -0.1) is 0 Å². The molecule has 1 unspecified atom stereocenters. The lowest BCUT2D eigenvalue weighted by Gasteiger charge is -2.34. The van der Waals surface area contributed by atoms with Gasteiger partial charge in [0.1, 0.15) is 6.23 Å². The highest BCUT2D eigenvalue weighted by Crippen LogP contribution is 2.29. The fraction of sp³-hybridized carbons (Fsp3) is 0.923. The smallest absolute Gasteiger partial charge is 0.224 e. The number of aliphatic hydroxyl groups excluding tert-OH is 1. The van der Waals surface area contributed by atoms with E-state index in [-0.39, 0.29) is 5.91 Å². The molecule has 3 heteroatoms. The number of hydrogen-bond donors (Lipinski definition) is 1. The van der Waals surface area contributed by atoms with E-state index in [1.54, 1.807) is 4.90 Å². The van der Waals surface area contributed by atoms with Crippen molar-refractivity contribution in [2.45, 2.75) is 64.0 Å². The van der Waals surface area contributed by atoms with E-state index in [9.17, 15) is 9.90 Å². The number of amides is 1. The molecule has 16 heavy (non-hydrogen) atoms. The van der Waals surface area contributed by atoms with Crippen molar-refractivity contribution in [2.75, 3.05) is 6.54 Å². The van der Waals surface area contributed by atoms with Crippen LogP contribution < -0.4 is 0 Å². The minimum atomic E-state index is -0.508. The van der Waals surface area contributed by atoms with E-state index in [1.165, 1.54) is 19.3 Å². The van der Waals surface area contributed by atoms with Crippen molar-refractivity contribution in [1.29, 1.82) is 0 Å². The molecule has 0 aromatic carbocycles. The minimum Gasteiger partial charge on any atom is -0.373 e. The molecule has 1 aliphatic carbocycles. The van der Waals surface area contributed by atoms with Gasteiger partial charge >= 0.3 is 0 Å². The SMILES string of the molecule is O=C1CCCCCN1C(O)C1CCCCC1. The van der Waals surface area contributed by atoms with Gasteiger partial charge in [0.05, 0.1) is 0 Å². The Morgan fingerprint density at radius 1 is 1.06 bits per heavy atom. The summed E-state index contributed by atoms with van der Waals surface area (Å²) in [6.07, 6.45) is 9.18. The average molecular weight is 225 g/mol. The lowest BCUT2D eigenvalue weighted by atomic mass is 9.87. The van der Waals surface area contributed by atoms with Gasteiger partial charge in [0.25, 0.3) is 0 Å². The Bertz CT molecular complexity index is 236. The summed E-state index contributed by atoms with van der Waals surface area (Å²) >= 11 is 0. The first-order valence-corrected chi connectivity index (χ1v) is 6.76. The molecule has 1 saturated carbocycles. The maximum atomic E-state index is 11.9. The molecular weight excluding hydrogens is 202 g/mol. The summed E-state index contributed by atoms with van der Waals surface area (Å²) in [7, 11) is 0. The maximum Gasteiger partial charge on any atom is 0.224 e. The number of carbonyl (C=O) groups excluding carboxylic acids is 1. The molecule has 0 aromatic heterocycles. The zero-order chi connectivity index (χ0) is 11.4. The van der Waals surface area contributed by atoms with Gasteiger partial charge in [0, 0.05) is 18.9 Å². The monoisotopic (exact) mass is 225 g/mol. The van der Waals surface area contributed by atoms with Crippen molar-refractivity contribution in [2.24, 2.45) is 5.92 Å². The molecule has 92 valence electrons. The van der Waals surface area contributed by atoms with Crippen LogP contribution in [0.2, 0.25) is 0 Å². The maximum absolute atomic E-state index is 11.9. The molecule has 1 amide bonds. The molecule has 0 spiro atoms.